The number of hydrogen-bond donors (Lipinski definition) is 0. The Hall–Kier alpha value is -0.600. The van der Waals surface area contributed by atoms with Crippen molar-refractivity contribution in [3.63, 3.8) is 0 Å². The van der Waals surface area contributed by atoms with E-state index in [0.29, 0.717) is 12.2 Å². The second kappa shape index (κ2) is 4.76. The summed E-state index contributed by atoms with van der Waals surface area (Å²) in [4.78, 5) is 0. The molecule has 0 bridgehead atoms. The van der Waals surface area contributed by atoms with Crippen molar-refractivity contribution in [2.24, 2.45) is 5.41 Å². The molecule has 0 spiro atoms. The van der Waals surface area contributed by atoms with Gasteiger partial charge in [0.25, 0.3) is 0 Å². The van der Waals surface area contributed by atoms with Crippen molar-refractivity contribution in [3.8, 4) is 0 Å². The molecule has 2 nitrogen and oxygen atoms in total. The standard InChI is InChI=1S/C12H20O2/c1-5-10-11(14-9-13-10)7-6-8-12(2,3)4/h5-7,10-11H,1,8-9H2,2-4H3/b7-6+. The highest BCUT2D eigenvalue weighted by Gasteiger charge is 2.23. The monoisotopic (exact) mass is 196 g/mol. The number of allylic oxidation sites excluding steroid dienone is 1. The third-order valence-corrected chi connectivity index (χ3v) is 2.13. The summed E-state index contributed by atoms with van der Waals surface area (Å²) in [6, 6.07) is 0. The average Bonchev–Trinajstić information content (AvgIpc) is 2.49. The number of ether oxygens (including phenoxy) is 2. The van der Waals surface area contributed by atoms with Crippen LogP contribution in [0.25, 0.3) is 0 Å². The van der Waals surface area contributed by atoms with Crippen molar-refractivity contribution in [1.82, 2.24) is 0 Å². The van der Waals surface area contributed by atoms with Crippen molar-refractivity contribution in [1.29, 1.82) is 0 Å². The lowest BCUT2D eigenvalue weighted by molar-refractivity contribution is 0.0501. The molecule has 0 N–H and O–H groups in total. The van der Waals surface area contributed by atoms with Gasteiger partial charge in [-0.1, -0.05) is 39.0 Å². The molecule has 1 saturated heterocycles. The van der Waals surface area contributed by atoms with Crippen LogP contribution >= 0.6 is 0 Å². The quantitative estimate of drug-likeness (QED) is 0.646. The Morgan fingerprint density at radius 3 is 2.50 bits per heavy atom. The van der Waals surface area contributed by atoms with Crippen LogP contribution in [0.1, 0.15) is 27.2 Å². The smallest absolute Gasteiger partial charge is 0.148 e. The Bertz CT molecular complexity index is 213. The maximum absolute atomic E-state index is 5.39. The van der Waals surface area contributed by atoms with E-state index >= 15 is 0 Å². The Morgan fingerprint density at radius 2 is 1.93 bits per heavy atom. The Labute approximate surface area is 86.6 Å². The van der Waals surface area contributed by atoms with Gasteiger partial charge in [0.05, 0.1) is 0 Å². The van der Waals surface area contributed by atoms with Gasteiger partial charge in [-0.15, -0.1) is 6.58 Å². The molecule has 0 aromatic carbocycles. The van der Waals surface area contributed by atoms with Gasteiger partial charge < -0.3 is 9.47 Å². The lowest BCUT2D eigenvalue weighted by Gasteiger charge is -2.15. The molecule has 2 heteroatoms. The summed E-state index contributed by atoms with van der Waals surface area (Å²) in [5.41, 5.74) is 0.333. The van der Waals surface area contributed by atoms with Crippen LogP contribution < -0.4 is 0 Å². The molecule has 14 heavy (non-hydrogen) atoms. The van der Waals surface area contributed by atoms with E-state index in [4.69, 9.17) is 9.47 Å². The van der Waals surface area contributed by atoms with Crippen LogP contribution in [-0.4, -0.2) is 19.0 Å². The predicted molar refractivity (Wildman–Crippen MR) is 58.0 cm³/mol. The predicted octanol–water partition coefficient (Wildman–Crippen LogP) is 2.91. The fourth-order valence-electron chi connectivity index (χ4n) is 1.31. The third-order valence-electron chi connectivity index (χ3n) is 2.13. The fraction of sp³-hybridized carbons (Fsp3) is 0.667. The Balaban J connectivity index is 2.39. The molecule has 0 aromatic heterocycles. The van der Waals surface area contributed by atoms with Crippen molar-refractivity contribution < 1.29 is 9.47 Å². The van der Waals surface area contributed by atoms with Gasteiger partial charge in [-0.3, -0.25) is 0 Å². The summed E-state index contributed by atoms with van der Waals surface area (Å²) >= 11 is 0. The first-order chi connectivity index (χ1) is 6.53. The van der Waals surface area contributed by atoms with Crippen molar-refractivity contribution >= 4 is 0 Å². The molecule has 1 aliphatic heterocycles. The van der Waals surface area contributed by atoms with Crippen LogP contribution in [0.2, 0.25) is 0 Å². The van der Waals surface area contributed by atoms with Crippen LogP contribution in [-0.2, 0) is 9.47 Å². The average molecular weight is 196 g/mol. The first-order valence-corrected chi connectivity index (χ1v) is 5.05. The first kappa shape index (κ1) is 11.5. The summed E-state index contributed by atoms with van der Waals surface area (Å²) in [5.74, 6) is 0. The first-order valence-electron chi connectivity index (χ1n) is 5.05. The number of hydrogen-bond acceptors (Lipinski definition) is 2. The molecule has 2 atom stereocenters. The maximum Gasteiger partial charge on any atom is 0.148 e. The molecule has 1 heterocycles. The molecule has 0 radical (unpaired) electrons. The third kappa shape index (κ3) is 3.64. The molecule has 1 fully saturated rings. The molecule has 1 aliphatic rings. The van der Waals surface area contributed by atoms with E-state index in [2.05, 4.69) is 39.5 Å². The largest absolute Gasteiger partial charge is 0.345 e. The molecule has 0 aromatic rings. The van der Waals surface area contributed by atoms with Gasteiger partial charge in [-0.05, 0) is 11.8 Å². The van der Waals surface area contributed by atoms with Gasteiger partial charge in [0.15, 0.2) is 0 Å². The van der Waals surface area contributed by atoms with Gasteiger partial charge in [-0.2, -0.15) is 0 Å². The maximum atomic E-state index is 5.39. The van der Waals surface area contributed by atoms with E-state index in [0.717, 1.165) is 6.42 Å². The fourth-order valence-corrected chi connectivity index (χ4v) is 1.31. The Morgan fingerprint density at radius 1 is 1.29 bits per heavy atom. The molecular weight excluding hydrogens is 176 g/mol. The zero-order chi connectivity index (χ0) is 10.6. The molecule has 0 aliphatic carbocycles. The summed E-state index contributed by atoms with van der Waals surface area (Å²) in [6.07, 6.45) is 7.15. The van der Waals surface area contributed by atoms with Crippen LogP contribution in [0.15, 0.2) is 24.8 Å². The van der Waals surface area contributed by atoms with Crippen molar-refractivity contribution in [3.05, 3.63) is 24.8 Å². The number of rotatable bonds is 3. The van der Waals surface area contributed by atoms with Gasteiger partial charge >= 0.3 is 0 Å². The second-order valence-electron chi connectivity index (χ2n) is 4.81. The minimum absolute atomic E-state index is 0.0196. The van der Waals surface area contributed by atoms with Crippen LogP contribution in [0.5, 0.6) is 0 Å². The van der Waals surface area contributed by atoms with E-state index in [9.17, 15) is 0 Å². The second-order valence-corrected chi connectivity index (χ2v) is 4.81. The van der Waals surface area contributed by atoms with Crippen LogP contribution in [0.3, 0.4) is 0 Å². The highest BCUT2D eigenvalue weighted by molar-refractivity contribution is 5.02. The van der Waals surface area contributed by atoms with E-state index in [1.54, 1.807) is 6.08 Å². The summed E-state index contributed by atoms with van der Waals surface area (Å²) < 4.78 is 10.7. The highest BCUT2D eigenvalue weighted by Crippen LogP contribution is 2.20. The molecule has 0 saturated carbocycles. The van der Waals surface area contributed by atoms with E-state index in [1.165, 1.54) is 0 Å². The van der Waals surface area contributed by atoms with Crippen molar-refractivity contribution in [2.45, 2.75) is 39.4 Å². The molecule has 1 rings (SSSR count). The summed E-state index contributed by atoms with van der Waals surface area (Å²) in [5, 5.41) is 0. The van der Waals surface area contributed by atoms with E-state index in [-0.39, 0.29) is 12.2 Å². The molecule has 2 unspecified atom stereocenters. The van der Waals surface area contributed by atoms with E-state index < -0.39 is 0 Å². The van der Waals surface area contributed by atoms with Crippen LogP contribution in [0, 0.1) is 5.41 Å². The van der Waals surface area contributed by atoms with Crippen molar-refractivity contribution in [2.75, 3.05) is 6.79 Å². The zero-order valence-electron chi connectivity index (χ0n) is 9.32. The highest BCUT2D eigenvalue weighted by atomic mass is 16.7. The minimum Gasteiger partial charge on any atom is -0.345 e. The lowest BCUT2D eigenvalue weighted by atomic mass is 9.92. The lowest BCUT2D eigenvalue weighted by Crippen LogP contribution is -2.17. The SMILES string of the molecule is C=CC1OCOC1/C=C/CC(C)(C)C. The Kier molecular flexibility index (Phi) is 3.90. The van der Waals surface area contributed by atoms with E-state index in [1.807, 2.05) is 0 Å². The van der Waals surface area contributed by atoms with Gasteiger partial charge in [0, 0.05) is 0 Å². The molecule has 0 amide bonds. The van der Waals surface area contributed by atoms with Gasteiger partial charge in [-0.25, -0.2) is 0 Å². The zero-order valence-corrected chi connectivity index (χ0v) is 9.32. The van der Waals surface area contributed by atoms with Crippen LogP contribution in [0.4, 0.5) is 0 Å². The van der Waals surface area contributed by atoms with Gasteiger partial charge in [0.2, 0.25) is 0 Å². The topological polar surface area (TPSA) is 18.5 Å². The molecule has 80 valence electrons. The summed E-state index contributed by atoms with van der Waals surface area (Å²) in [6.45, 7) is 10.7. The normalized spacial score (nSPS) is 28.5. The molecular formula is C12H20O2. The summed E-state index contributed by atoms with van der Waals surface area (Å²) in [7, 11) is 0. The van der Waals surface area contributed by atoms with Gasteiger partial charge in [0.1, 0.15) is 19.0 Å². The minimum atomic E-state index is 0.0196.